The van der Waals surface area contributed by atoms with Crippen molar-refractivity contribution in [2.24, 2.45) is 0 Å². The molecule has 24 heavy (non-hydrogen) atoms. The third-order valence-corrected chi connectivity index (χ3v) is 6.15. The summed E-state index contributed by atoms with van der Waals surface area (Å²) in [5, 5.41) is 1.07. The topological polar surface area (TPSA) is 34.1 Å². The Hall–Kier alpha value is -0.427. The van der Waals surface area contributed by atoms with Crippen molar-refractivity contribution in [2.75, 3.05) is 0 Å². The van der Waals surface area contributed by atoms with Crippen LogP contribution in [0.5, 0.6) is 0 Å². The summed E-state index contributed by atoms with van der Waals surface area (Å²) in [6.45, 7) is 0. The second-order valence-electron chi connectivity index (χ2n) is 4.96. The van der Waals surface area contributed by atoms with Gasteiger partial charge in [-0.2, -0.15) is 0 Å². The summed E-state index contributed by atoms with van der Waals surface area (Å²) in [6, 6.07) is 17.3. The Morgan fingerprint density at radius 3 is 2.08 bits per heavy atom. The molecule has 2 aromatic rings. The first kappa shape index (κ1) is 21.6. The van der Waals surface area contributed by atoms with Gasteiger partial charge >= 0.3 is 150 Å². The molecule has 2 aromatic carbocycles. The van der Waals surface area contributed by atoms with Crippen LogP contribution in [0.25, 0.3) is 5.57 Å². The molecule has 0 saturated heterocycles. The van der Waals surface area contributed by atoms with Gasteiger partial charge in [-0.3, -0.25) is 0 Å². The van der Waals surface area contributed by atoms with E-state index in [0.717, 1.165) is 20.0 Å². The summed E-state index contributed by atoms with van der Waals surface area (Å²) in [5.74, 6) is -0.0648. The molecule has 1 unspecified atom stereocenters. The van der Waals surface area contributed by atoms with Crippen molar-refractivity contribution in [1.29, 1.82) is 0 Å². The minimum absolute atomic E-state index is 0. The van der Waals surface area contributed by atoms with Gasteiger partial charge in [0.05, 0.1) is 0 Å². The zero-order chi connectivity index (χ0) is 15.7. The second kappa shape index (κ2) is 9.32. The summed E-state index contributed by atoms with van der Waals surface area (Å²) in [6.07, 6.45) is 1.82. The normalized spacial score (nSPS) is 16.1. The average molecular weight is 476 g/mol. The summed E-state index contributed by atoms with van der Waals surface area (Å²) in [4.78, 5) is 0. The SMILES string of the molecule is O=P(=O)C1=CC(c2ccccc2Cl)[C]([Zr+2])=C1c1ccccc1.[Cl-].[Cl-]. The monoisotopic (exact) mass is 473 g/mol. The minimum Gasteiger partial charge on any atom is -1.00 e. The molecule has 0 aliphatic heterocycles. The maximum absolute atomic E-state index is 11.7. The van der Waals surface area contributed by atoms with Gasteiger partial charge in [0.1, 0.15) is 0 Å². The summed E-state index contributed by atoms with van der Waals surface area (Å²) < 4.78 is 24.5. The van der Waals surface area contributed by atoms with Crippen LogP contribution in [0.4, 0.5) is 0 Å². The summed E-state index contributed by atoms with van der Waals surface area (Å²) in [5.41, 5.74) is 2.73. The van der Waals surface area contributed by atoms with Gasteiger partial charge in [0.15, 0.2) is 0 Å². The average Bonchev–Trinajstić information content (AvgIpc) is 2.86. The van der Waals surface area contributed by atoms with E-state index in [4.69, 9.17) is 11.6 Å². The molecule has 0 amide bonds. The Morgan fingerprint density at radius 1 is 0.917 bits per heavy atom. The van der Waals surface area contributed by atoms with Crippen LogP contribution in [0.3, 0.4) is 0 Å². The van der Waals surface area contributed by atoms with Crippen molar-refractivity contribution >= 4 is 24.9 Å². The molecule has 0 radical (unpaired) electrons. The number of hydrogen-bond acceptors (Lipinski definition) is 2. The van der Waals surface area contributed by atoms with Crippen molar-refractivity contribution in [3.8, 4) is 0 Å². The predicted octanol–water partition coefficient (Wildman–Crippen LogP) is -0.540. The quantitative estimate of drug-likeness (QED) is 0.559. The van der Waals surface area contributed by atoms with Crippen molar-refractivity contribution in [3.63, 3.8) is 0 Å². The predicted molar refractivity (Wildman–Crippen MR) is 83.9 cm³/mol. The first-order chi connectivity index (χ1) is 10.6. The molecule has 1 aliphatic carbocycles. The zero-order valence-electron chi connectivity index (χ0n) is 12.2. The standard InChI is InChI=1S/C17H11ClO2P.2ClH.Zr/c18-16-9-5-4-8-14(16)13-10-15(17(11-13)21(19)20)12-6-2-1-3-7-12;;;/h1-9,11,13H;2*1H;/q;;;+2/p-2. The molecule has 0 heterocycles. The van der Waals surface area contributed by atoms with Crippen LogP contribution in [-0.2, 0) is 33.8 Å². The Kier molecular flexibility index (Phi) is 8.39. The molecule has 0 bridgehead atoms. The van der Waals surface area contributed by atoms with Gasteiger partial charge < -0.3 is 24.8 Å². The molecule has 0 saturated carbocycles. The van der Waals surface area contributed by atoms with E-state index in [1.807, 2.05) is 60.7 Å². The van der Waals surface area contributed by atoms with Gasteiger partial charge in [0, 0.05) is 0 Å². The molecular weight excluding hydrogens is 465 g/mol. The molecule has 121 valence electrons. The summed E-state index contributed by atoms with van der Waals surface area (Å²) in [7, 11) is -2.64. The van der Waals surface area contributed by atoms with E-state index in [-0.39, 0.29) is 30.7 Å². The molecule has 2 nitrogen and oxygen atoms in total. The van der Waals surface area contributed by atoms with E-state index in [9.17, 15) is 9.13 Å². The number of benzene rings is 2. The van der Waals surface area contributed by atoms with Crippen LogP contribution in [0.2, 0.25) is 5.02 Å². The van der Waals surface area contributed by atoms with Gasteiger partial charge in [0.25, 0.3) is 0 Å². The molecule has 0 N–H and O–H groups in total. The van der Waals surface area contributed by atoms with E-state index < -0.39 is 7.68 Å². The van der Waals surface area contributed by atoms with Gasteiger partial charge in [-0.25, -0.2) is 0 Å². The fraction of sp³-hybridized carbons (Fsp3) is 0.0588. The molecule has 1 aliphatic rings. The van der Waals surface area contributed by atoms with E-state index in [1.165, 1.54) is 24.7 Å². The van der Waals surface area contributed by atoms with Gasteiger partial charge in [0.2, 0.25) is 0 Å². The van der Waals surface area contributed by atoms with Crippen molar-refractivity contribution in [2.45, 2.75) is 5.92 Å². The third kappa shape index (κ3) is 4.21. The molecular formula is C17H11Cl3O2PZr. The van der Waals surface area contributed by atoms with E-state index in [2.05, 4.69) is 0 Å². The Bertz CT molecular complexity index is 853. The smallest absolute Gasteiger partial charge is 1.00 e. The largest absolute Gasteiger partial charge is 1.00 e. The Morgan fingerprint density at radius 2 is 1.50 bits per heavy atom. The first-order valence-corrected chi connectivity index (χ1v) is 9.50. The van der Waals surface area contributed by atoms with Crippen LogP contribution in [0.1, 0.15) is 17.0 Å². The maximum atomic E-state index is 11.7. The molecule has 0 fully saturated rings. The van der Waals surface area contributed by atoms with E-state index in [0.29, 0.717) is 10.3 Å². The molecule has 0 spiro atoms. The maximum Gasteiger partial charge on any atom is -1.00 e. The molecule has 3 rings (SSSR count). The first-order valence-electron chi connectivity index (χ1n) is 6.72. The Balaban J connectivity index is 0.00000144. The van der Waals surface area contributed by atoms with Crippen LogP contribution in [0.15, 0.2) is 69.3 Å². The van der Waals surface area contributed by atoms with Crippen molar-refractivity contribution < 1.29 is 58.7 Å². The fourth-order valence-corrected chi connectivity index (χ4v) is 5.14. The van der Waals surface area contributed by atoms with Crippen LogP contribution in [0, 0.1) is 0 Å². The van der Waals surface area contributed by atoms with Gasteiger partial charge in [-0.05, 0) is 0 Å². The third-order valence-electron chi connectivity index (χ3n) is 3.66. The van der Waals surface area contributed by atoms with Gasteiger partial charge in [-0.15, -0.1) is 0 Å². The molecule has 1 atom stereocenters. The van der Waals surface area contributed by atoms with Crippen LogP contribution < -0.4 is 24.8 Å². The van der Waals surface area contributed by atoms with Crippen molar-refractivity contribution in [1.82, 2.24) is 0 Å². The number of rotatable bonds is 3. The van der Waals surface area contributed by atoms with Crippen LogP contribution in [-0.4, -0.2) is 0 Å². The zero-order valence-corrected chi connectivity index (χ0v) is 17.9. The van der Waals surface area contributed by atoms with E-state index >= 15 is 0 Å². The number of hydrogen-bond donors (Lipinski definition) is 0. The molecule has 0 aromatic heterocycles. The number of allylic oxidation sites excluding steroid dienone is 4. The minimum atomic E-state index is -2.64. The van der Waals surface area contributed by atoms with E-state index in [1.54, 1.807) is 0 Å². The van der Waals surface area contributed by atoms with Crippen LogP contribution >= 0.6 is 19.3 Å². The molecule has 7 heteroatoms. The van der Waals surface area contributed by atoms with Gasteiger partial charge in [-0.1, -0.05) is 0 Å². The Labute approximate surface area is 173 Å². The fourth-order valence-electron chi connectivity index (χ4n) is 2.65. The number of halogens is 3. The van der Waals surface area contributed by atoms with Crippen molar-refractivity contribution in [3.05, 3.63) is 85.4 Å². The summed E-state index contributed by atoms with van der Waals surface area (Å²) >= 11 is 7.49. The second-order valence-corrected chi connectivity index (χ2v) is 7.69.